The van der Waals surface area contributed by atoms with Gasteiger partial charge in [0.2, 0.25) is 0 Å². The Morgan fingerprint density at radius 2 is 2.16 bits per heavy atom. The van der Waals surface area contributed by atoms with Gasteiger partial charge in [-0.3, -0.25) is 5.10 Å². The summed E-state index contributed by atoms with van der Waals surface area (Å²) in [6.07, 6.45) is -0.360. The van der Waals surface area contributed by atoms with Crippen LogP contribution in [0.4, 0.5) is 0 Å². The Labute approximate surface area is 112 Å². The third-order valence-corrected chi connectivity index (χ3v) is 4.08. The van der Waals surface area contributed by atoms with Gasteiger partial charge in [-0.25, -0.2) is 13.1 Å². The molecule has 19 heavy (non-hydrogen) atoms. The highest BCUT2D eigenvalue weighted by Crippen LogP contribution is 2.15. The van der Waals surface area contributed by atoms with Gasteiger partial charge in [0.1, 0.15) is 0 Å². The van der Waals surface area contributed by atoms with Crippen LogP contribution >= 0.6 is 0 Å². The fourth-order valence-corrected chi connectivity index (χ4v) is 2.83. The van der Waals surface area contributed by atoms with E-state index in [-0.39, 0.29) is 24.2 Å². The van der Waals surface area contributed by atoms with Gasteiger partial charge in [0, 0.05) is 38.6 Å². The van der Waals surface area contributed by atoms with E-state index >= 15 is 0 Å². The second kappa shape index (κ2) is 6.96. The van der Waals surface area contributed by atoms with Gasteiger partial charge in [-0.15, -0.1) is 0 Å². The first-order valence-electron chi connectivity index (χ1n) is 5.71. The normalized spacial score (nSPS) is 13.7. The molecule has 0 radical (unpaired) electrons. The molecule has 1 atom stereocenters. The Kier molecular flexibility index (Phi) is 5.88. The maximum absolute atomic E-state index is 12.1. The molecule has 0 aliphatic carbocycles. The van der Waals surface area contributed by atoms with Crippen LogP contribution in [0, 0.1) is 6.92 Å². The maximum atomic E-state index is 12.1. The summed E-state index contributed by atoms with van der Waals surface area (Å²) < 4.78 is 36.6. The van der Waals surface area contributed by atoms with Crippen molar-refractivity contribution in [3.05, 3.63) is 11.3 Å². The molecule has 8 nitrogen and oxygen atoms in total. The van der Waals surface area contributed by atoms with Gasteiger partial charge in [0.25, 0.3) is 10.0 Å². The minimum atomic E-state index is -3.71. The second-order valence-electron chi connectivity index (χ2n) is 4.00. The van der Waals surface area contributed by atoms with E-state index in [0.29, 0.717) is 17.9 Å². The Morgan fingerprint density at radius 1 is 1.47 bits per heavy atom. The number of nitrogens with two attached hydrogens (primary N) is 1. The quantitative estimate of drug-likeness (QED) is 0.572. The van der Waals surface area contributed by atoms with Crippen molar-refractivity contribution in [3.63, 3.8) is 0 Å². The predicted octanol–water partition coefficient (Wildman–Crippen LogP) is -0.883. The van der Waals surface area contributed by atoms with Crippen LogP contribution in [0.2, 0.25) is 0 Å². The third-order valence-electron chi connectivity index (χ3n) is 2.68. The number of rotatable bonds is 8. The summed E-state index contributed by atoms with van der Waals surface area (Å²) in [7, 11) is -0.708. The van der Waals surface area contributed by atoms with Crippen molar-refractivity contribution >= 4 is 10.0 Å². The fourth-order valence-electron chi connectivity index (χ4n) is 1.56. The molecule has 0 aromatic carbocycles. The summed E-state index contributed by atoms with van der Waals surface area (Å²) in [5.74, 6) is 0. The van der Waals surface area contributed by atoms with E-state index in [4.69, 9.17) is 15.2 Å². The molecule has 1 aromatic heterocycles. The zero-order valence-corrected chi connectivity index (χ0v) is 12.1. The molecule has 0 saturated carbocycles. The molecule has 0 fully saturated rings. The van der Waals surface area contributed by atoms with E-state index in [1.54, 1.807) is 6.92 Å². The molecule has 1 rings (SSSR count). The summed E-state index contributed by atoms with van der Waals surface area (Å²) >= 11 is 0. The highest BCUT2D eigenvalue weighted by atomic mass is 32.2. The van der Waals surface area contributed by atoms with Crippen molar-refractivity contribution in [3.8, 4) is 0 Å². The van der Waals surface area contributed by atoms with Crippen LogP contribution in [-0.4, -0.2) is 52.1 Å². The molecule has 0 aliphatic heterocycles. The fraction of sp³-hybridized carbons (Fsp3) is 0.700. The lowest BCUT2D eigenvalue weighted by atomic mass is 10.3. The summed E-state index contributed by atoms with van der Waals surface area (Å²) in [5, 5.41) is 6.33. The monoisotopic (exact) mass is 292 g/mol. The van der Waals surface area contributed by atoms with Crippen LogP contribution in [-0.2, 0) is 26.0 Å². The number of aromatic nitrogens is 2. The van der Waals surface area contributed by atoms with Crippen molar-refractivity contribution in [2.24, 2.45) is 5.73 Å². The Morgan fingerprint density at radius 3 is 2.68 bits per heavy atom. The summed E-state index contributed by atoms with van der Waals surface area (Å²) in [4.78, 5) is 0. The van der Waals surface area contributed by atoms with Gasteiger partial charge in [-0.1, -0.05) is 0 Å². The van der Waals surface area contributed by atoms with Crippen LogP contribution in [0.5, 0.6) is 0 Å². The molecule has 1 heterocycles. The van der Waals surface area contributed by atoms with Crippen LogP contribution in [0.15, 0.2) is 5.03 Å². The van der Waals surface area contributed by atoms with Crippen molar-refractivity contribution < 1.29 is 17.9 Å². The highest BCUT2D eigenvalue weighted by Gasteiger charge is 2.24. The number of methoxy groups -OCH3 is 2. The van der Waals surface area contributed by atoms with Crippen LogP contribution in [0.1, 0.15) is 11.3 Å². The van der Waals surface area contributed by atoms with E-state index in [0.717, 1.165) is 0 Å². The van der Waals surface area contributed by atoms with E-state index in [1.165, 1.54) is 14.2 Å². The molecule has 0 bridgehead atoms. The topological polar surface area (TPSA) is 119 Å². The van der Waals surface area contributed by atoms with E-state index in [2.05, 4.69) is 14.9 Å². The number of hydrogen-bond acceptors (Lipinski definition) is 6. The first kappa shape index (κ1) is 16.1. The predicted molar refractivity (Wildman–Crippen MR) is 69.1 cm³/mol. The van der Waals surface area contributed by atoms with E-state index in [9.17, 15) is 8.42 Å². The van der Waals surface area contributed by atoms with E-state index in [1.807, 2.05) is 0 Å². The van der Waals surface area contributed by atoms with Gasteiger partial charge < -0.3 is 15.2 Å². The first-order valence-corrected chi connectivity index (χ1v) is 7.19. The van der Waals surface area contributed by atoms with Crippen molar-refractivity contribution in [1.82, 2.24) is 14.9 Å². The number of aryl methyl sites for hydroxylation is 1. The Bertz CT molecular complexity index is 500. The molecule has 9 heteroatoms. The van der Waals surface area contributed by atoms with Crippen LogP contribution in [0.3, 0.4) is 0 Å². The van der Waals surface area contributed by atoms with E-state index < -0.39 is 10.0 Å². The average Bonchev–Trinajstić information content (AvgIpc) is 2.76. The summed E-state index contributed by atoms with van der Waals surface area (Å²) in [5.41, 5.74) is 6.65. The molecular weight excluding hydrogens is 272 g/mol. The number of aromatic amines is 1. The first-order chi connectivity index (χ1) is 8.96. The number of nitrogens with one attached hydrogen (secondary N) is 2. The minimum Gasteiger partial charge on any atom is -0.382 e. The third kappa shape index (κ3) is 3.98. The van der Waals surface area contributed by atoms with Gasteiger partial charge in [0.15, 0.2) is 5.03 Å². The molecule has 110 valence electrons. The van der Waals surface area contributed by atoms with Gasteiger partial charge in [-0.2, -0.15) is 5.10 Å². The summed E-state index contributed by atoms with van der Waals surface area (Å²) in [6.45, 7) is 2.21. The van der Waals surface area contributed by atoms with Crippen molar-refractivity contribution in [2.45, 2.75) is 24.6 Å². The standard InChI is InChI=1S/C10H20N4O4S/c1-7-9(4-11)10(14-13-7)19(15,16)12-5-8(18-3)6-17-2/h8,12H,4-6,11H2,1-3H3,(H,13,14). The Hall–Kier alpha value is -1.00. The highest BCUT2D eigenvalue weighted by molar-refractivity contribution is 7.89. The molecule has 0 amide bonds. The molecular formula is C10H20N4O4S. The number of H-pyrrole nitrogens is 1. The molecule has 1 unspecified atom stereocenters. The van der Waals surface area contributed by atoms with Crippen LogP contribution in [0.25, 0.3) is 0 Å². The lowest BCUT2D eigenvalue weighted by Gasteiger charge is -2.14. The molecule has 4 N–H and O–H groups in total. The number of ether oxygens (including phenoxy) is 2. The van der Waals surface area contributed by atoms with Gasteiger partial charge in [-0.05, 0) is 6.92 Å². The molecule has 0 spiro atoms. The molecule has 0 saturated heterocycles. The SMILES string of the molecule is COCC(CNS(=O)(=O)c1n[nH]c(C)c1CN)OC. The van der Waals surface area contributed by atoms with Crippen molar-refractivity contribution in [1.29, 1.82) is 0 Å². The smallest absolute Gasteiger partial charge is 0.260 e. The van der Waals surface area contributed by atoms with Gasteiger partial charge in [0.05, 0.1) is 12.7 Å². The van der Waals surface area contributed by atoms with Gasteiger partial charge >= 0.3 is 0 Å². The Balaban J connectivity index is 2.81. The van der Waals surface area contributed by atoms with Crippen molar-refractivity contribution in [2.75, 3.05) is 27.4 Å². The number of hydrogen-bond donors (Lipinski definition) is 3. The average molecular weight is 292 g/mol. The summed E-state index contributed by atoms with van der Waals surface area (Å²) in [6, 6.07) is 0. The zero-order valence-electron chi connectivity index (χ0n) is 11.3. The number of nitrogens with zero attached hydrogens (tertiary/aromatic N) is 1. The molecule has 0 aliphatic rings. The maximum Gasteiger partial charge on any atom is 0.260 e. The second-order valence-corrected chi connectivity index (χ2v) is 5.68. The largest absolute Gasteiger partial charge is 0.382 e. The van der Waals surface area contributed by atoms with Crippen LogP contribution < -0.4 is 10.5 Å². The molecule has 1 aromatic rings. The lowest BCUT2D eigenvalue weighted by molar-refractivity contribution is 0.0320. The lowest BCUT2D eigenvalue weighted by Crippen LogP contribution is -2.36. The minimum absolute atomic E-state index is 0.0697. The number of sulfonamides is 1. The zero-order chi connectivity index (χ0) is 14.5.